The molecule has 0 bridgehead atoms. The van der Waals surface area contributed by atoms with Gasteiger partial charge in [0.1, 0.15) is 0 Å². The van der Waals surface area contributed by atoms with Crippen LogP contribution in [-0.4, -0.2) is 0 Å². The van der Waals surface area contributed by atoms with Gasteiger partial charge in [0, 0.05) is 0 Å². The highest BCUT2D eigenvalue weighted by Gasteiger charge is 2.11. The van der Waals surface area contributed by atoms with Crippen LogP contribution in [0.25, 0.3) is 5.57 Å². The number of ether oxygens (including phenoxy) is 1. The third kappa shape index (κ3) is 1.43. The van der Waals surface area contributed by atoms with Crippen LogP contribution in [0.2, 0.25) is 0 Å². The van der Waals surface area contributed by atoms with Crippen molar-refractivity contribution in [3.8, 4) is 0 Å². The van der Waals surface area contributed by atoms with E-state index in [1.54, 1.807) is 6.08 Å². The monoisotopic (exact) mass is 172 g/mol. The zero-order valence-electron chi connectivity index (χ0n) is 7.55. The Morgan fingerprint density at radius 3 is 2.85 bits per heavy atom. The molecule has 0 saturated carbocycles. The van der Waals surface area contributed by atoms with E-state index in [-0.39, 0.29) is 0 Å². The first-order chi connectivity index (χ1) is 6.31. The van der Waals surface area contributed by atoms with E-state index in [1.165, 1.54) is 11.1 Å². The van der Waals surface area contributed by atoms with Crippen LogP contribution in [0.5, 0.6) is 0 Å². The summed E-state index contributed by atoms with van der Waals surface area (Å²) >= 11 is 0. The van der Waals surface area contributed by atoms with Gasteiger partial charge < -0.3 is 4.74 Å². The zero-order valence-corrected chi connectivity index (χ0v) is 7.55. The van der Waals surface area contributed by atoms with Crippen LogP contribution in [-0.2, 0) is 18.0 Å². The summed E-state index contributed by atoms with van der Waals surface area (Å²) < 4.78 is 5.33. The van der Waals surface area contributed by atoms with Crippen molar-refractivity contribution < 1.29 is 4.74 Å². The average molecular weight is 172 g/mol. The number of allylic oxidation sites excluding steroid dienone is 2. The van der Waals surface area contributed by atoms with Crippen molar-refractivity contribution in [2.75, 3.05) is 0 Å². The lowest BCUT2D eigenvalue weighted by molar-refractivity contribution is 0.134. The fourth-order valence-electron chi connectivity index (χ4n) is 1.49. The van der Waals surface area contributed by atoms with Crippen LogP contribution in [0.4, 0.5) is 0 Å². The van der Waals surface area contributed by atoms with Gasteiger partial charge in [-0.15, -0.1) is 0 Å². The van der Waals surface area contributed by atoms with E-state index in [4.69, 9.17) is 4.74 Å². The molecule has 1 heteroatoms. The van der Waals surface area contributed by atoms with Gasteiger partial charge in [-0.2, -0.15) is 0 Å². The minimum absolute atomic E-state index is 0.730. The van der Waals surface area contributed by atoms with Crippen LogP contribution in [0.1, 0.15) is 16.7 Å². The van der Waals surface area contributed by atoms with Crippen molar-refractivity contribution in [3.05, 3.63) is 54.1 Å². The summed E-state index contributed by atoms with van der Waals surface area (Å²) in [6.07, 6.45) is 1.78. The molecule has 0 amide bonds. The van der Waals surface area contributed by atoms with Crippen LogP contribution >= 0.6 is 0 Å². The van der Waals surface area contributed by atoms with Crippen LogP contribution < -0.4 is 0 Å². The fourth-order valence-corrected chi connectivity index (χ4v) is 1.49. The predicted molar refractivity (Wildman–Crippen MR) is 54.2 cm³/mol. The Labute approximate surface area is 78.3 Å². The molecule has 0 N–H and O–H groups in total. The normalized spacial score (nSPS) is 13.8. The smallest absolute Gasteiger partial charge is 0.0725 e. The van der Waals surface area contributed by atoms with E-state index >= 15 is 0 Å². The predicted octanol–water partition coefficient (Wildman–Crippen LogP) is 2.92. The Morgan fingerprint density at radius 1 is 1.31 bits per heavy atom. The first-order valence-electron chi connectivity index (χ1n) is 4.32. The van der Waals surface area contributed by atoms with Gasteiger partial charge in [-0.05, 0) is 28.3 Å². The number of rotatable bonds is 2. The van der Waals surface area contributed by atoms with Crippen LogP contribution in [0, 0.1) is 0 Å². The lowest BCUT2D eigenvalue weighted by atomic mass is 10.0. The lowest BCUT2D eigenvalue weighted by Crippen LogP contribution is -1.85. The van der Waals surface area contributed by atoms with Gasteiger partial charge in [0.25, 0.3) is 0 Å². The Morgan fingerprint density at radius 2 is 2.08 bits per heavy atom. The van der Waals surface area contributed by atoms with Gasteiger partial charge in [0.05, 0.1) is 13.2 Å². The largest absolute Gasteiger partial charge is 0.372 e. The van der Waals surface area contributed by atoms with Gasteiger partial charge in [0.15, 0.2) is 0 Å². The summed E-state index contributed by atoms with van der Waals surface area (Å²) in [7, 11) is 0. The fraction of sp³-hybridized carbons (Fsp3) is 0.167. The summed E-state index contributed by atoms with van der Waals surface area (Å²) in [5.41, 5.74) is 4.68. The molecule has 1 heterocycles. The van der Waals surface area contributed by atoms with Crippen molar-refractivity contribution >= 4 is 5.57 Å². The molecule has 1 aliphatic heterocycles. The Hall–Kier alpha value is -1.34. The molecule has 13 heavy (non-hydrogen) atoms. The van der Waals surface area contributed by atoms with E-state index < -0.39 is 0 Å². The van der Waals surface area contributed by atoms with Gasteiger partial charge in [-0.3, -0.25) is 0 Å². The molecule has 0 unspecified atom stereocenters. The maximum Gasteiger partial charge on any atom is 0.0725 e. The first kappa shape index (κ1) is 8.27. The molecule has 0 aliphatic carbocycles. The topological polar surface area (TPSA) is 9.23 Å². The molecule has 0 atom stereocenters. The van der Waals surface area contributed by atoms with E-state index in [9.17, 15) is 0 Å². The van der Waals surface area contributed by atoms with E-state index in [0.29, 0.717) is 0 Å². The van der Waals surface area contributed by atoms with Crippen molar-refractivity contribution in [2.24, 2.45) is 0 Å². The molecule has 2 rings (SSSR count). The SMILES string of the molecule is C=CC(=C)c1ccc2c(c1)COC2. The molecule has 1 nitrogen and oxygen atoms in total. The third-order valence-electron chi connectivity index (χ3n) is 2.34. The highest BCUT2D eigenvalue weighted by atomic mass is 16.5. The maximum atomic E-state index is 5.33. The van der Waals surface area contributed by atoms with E-state index in [0.717, 1.165) is 24.4 Å². The molecule has 0 radical (unpaired) electrons. The summed E-state index contributed by atoms with van der Waals surface area (Å²) in [5.74, 6) is 0. The minimum atomic E-state index is 0.730. The van der Waals surface area contributed by atoms with Gasteiger partial charge in [-0.1, -0.05) is 31.4 Å². The van der Waals surface area contributed by atoms with Gasteiger partial charge in [-0.25, -0.2) is 0 Å². The van der Waals surface area contributed by atoms with Gasteiger partial charge in [0.2, 0.25) is 0 Å². The second kappa shape index (κ2) is 3.19. The van der Waals surface area contributed by atoms with Crippen molar-refractivity contribution in [1.29, 1.82) is 0 Å². The molecule has 1 aliphatic rings. The Kier molecular flexibility index (Phi) is 2.03. The highest BCUT2D eigenvalue weighted by Crippen LogP contribution is 2.23. The summed E-state index contributed by atoms with van der Waals surface area (Å²) in [6.45, 7) is 9.09. The Balaban J connectivity index is 2.41. The molecular weight excluding hydrogens is 160 g/mol. The van der Waals surface area contributed by atoms with E-state index in [2.05, 4.69) is 31.4 Å². The minimum Gasteiger partial charge on any atom is -0.372 e. The molecule has 1 aromatic carbocycles. The Bertz CT molecular complexity index is 363. The van der Waals surface area contributed by atoms with Crippen LogP contribution in [0.15, 0.2) is 37.4 Å². The number of fused-ring (bicyclic) bond motifs is 1. The second-order valence-electron chi connectivity index (χ2n) is 3.21. The maximum absolute atomic E-state index is 5.33. The quantitative estimate of drug-likeness (QED) is 0.623. The number of hydrogen-bond acceptors (Lipinski definition) is 1. The van der Waals surface area contributed by atoms with Crippen molar-refractivity contribution in [3.63, 3.8) is 0 Å². The lowest BCUT2D eigenvalue weighted by Gasteiger charge is -2.02. The second-order valence-corrected chi connectivity index (χ2v) is 3.21. The molecule has 0 aromatic heterocycles. The first-order valence-corrected chi connectivity index (χ1v) is 4.32. The van der Waals surface area contributed by atoms with Crippen molar-refractivity contribution in [2.45, 2.75) is 13.2 Å². The standard InChI is InChI=1S/C12H12O/c1-3-9(2)10-4-5-11-7-13-8-12(11)6-10/h3-6H,1-2,7-8H2. The van der Waals surface area contributed by atoms with E-state index in [1.807, 2.05) is 0 Å². The zero-order chi connectivity index (χ0) is 9.26. The summed E-state index contributed by atoms with van der Waals surface area (Å²) in [6, 6.07) is 6.30. The summed E-state index contributed by atoms with van der Waals surface area (Å²) in [5, 5.41) is 0. The highest BCUT2D eigenvalue weighted by molar-refractivity contribution is 5.72. The molecule has 0 spiro atoms. The molecule has 66 valence electrons. The molecule has 1 aromatic rings. The van der Waals surface area contributed by atoms with Gasteiger partial charge >= 0.3 is 0 Å². The summed E-state index contributed by atoms with van der Waals surface area (Å²) in [4.78, 5) is 0. The molecular formula is C12H12O. The number of benzene rings is 1. The molecule has 0 fully saturated rings. The third-order valence-corrected chi connectivity index (χ3v) is 2.34. The van der Waals surface area contributed by atoms with Crippen molar-refractivity contribution in [1.82, 2.24) is 0 Å². The average Bonchev–Trinajstić information content (AvgIpc) is 2.63. The van der Waals surface area contributed by atoms with Crippen LogP contribution in [0.3, 0.4) is 0 Å². The molecule has 0 saturated heterocycles. The number of hydrogen-bond donors (Lipinski definition) is 0.